The van der Waals surface area contributed by atoms with Crippen LogP contribution in [0.3, 0.4) is 0 Å². The molecule has 0 saturated heterocycles. The minimum Gasteiger partial charge on any atom is -0.310 e. The molecule has 5 heteroatoms. The van der Waals surface area contributed by atoms with E-state index in [0.717, 1.165) is 12.0 Å². The molecule has 1 unspecified atom stereocenters. The summed E-state index contributed by atoms with van der Waals surface area (Å²) in [7, 11) is 1.85. The Morgan fingerprint density at radius 3 is 3.06 bits per heavy atom. The molecule has 1 heterocycles. The van der Waals surface area contributed by atoms with Crippen LogP contribution in [-0.2, 0) is 13.6 Å². The second-order valence-electron chi connectivity index (χ2n) is 4.55. The van der Waals surface area contributed by atoms with Crippen molar-refractivity contribution in [3.8, 4) is 0 Å². The standard InChI is InChI=1S/C11H17F2N3/c1-16-8-9(7-15-16)6-14-10-3-2-4-11(12,13)5-10/h7-8,10,14H,2-6H2,1H3. The van der Waals surface area contributed by atoms with E-state index in [1.807, 2.05) is 13.2 Å². The fraction of sp³-hybridized carbons (Fsp3) is 0.727. The zero-order valence-corrected chi connectivity index (χ0v) is 9.42. The smallest absolute Gasteiger partial charge is 0.249 e. The summed E-state index contributed by atoms with van der Waals surface area (Å²) in [6.45, 7) is 0.620. The highest BCUT2D eigenvalue weighted by Gasteiger charge is 2.35. The van der Waals surface area contributed by atoms with Crippen molar-refractivity contribution in [2.75, 3.05) is 0 Å². The number of alkyl halides is 2. The fourth-order valence-corrected chi connectivity index (χ4v) is 2.17. The Balaban J connectivity index is 1.82. The second kappa shape index (κ2) is 4.49. The van der Waals surface area contributed by atoms with Gasteiger partial charge >= 0.3 is 0 Å². The van der Waals surface area contributed by atoms with Crippen LogP contribution in [0, 0.1) is 0 Å². The maximum absolute atomic E-state index is 13.1. The Labute approximate surface area is 93.8 Å². The highest BCUT2D eigenvalue weighted by atomic mass is 19.3. The normalized spacial score (nSPS) is 24.6. The minimum atomic E-state index is -2.48. The maximum Gasteiger partial charge on any atom is 0.249 e. The molecule has 1 aliphatic rings. The number of nitrogens with one attached hydrogen (secondary N) is 1. The monoisotopic (exact) mass is 229 g/mol. The first-order valence-electron chi connectivity index (χ1n) is 5.64. The van der Waals surface area contributed by atoms with E-state index < -0.39 is 5.92 Å². The van der Waals surface area contributed by atoms with Gasteiger partial charge in [-0.2, -0.15) is 5.10 Å². The molecule has 2 rings (SSSR count). The van der Waals surface area contributed by atoms with Gasteiger partial charge in [-0.15, -0.1) is 0 Å². The molecule has 1 aromatic rings. The van der Waals surface area contributed by atoms with Crippen LogP contribution in [0.4, 0.5) is 8.78 Å². The van der Waals surface area contributed by atoms with Crippen LogP contribution in [0.15, 0.2) is 12.4 Å². The molecule has 0 aromatic carbocycles. The van der Waals surface area contributed by atoms with Crippen molar-refractivity contribution in [2.45, 2.75) is 44.2 Å². The van der Waals surface area contributed by atoms with Crippen LogP contribution in [0.2, 0.25) is 0 Å². The molecule has 1 aromatic heterocycles. The predicted molar refractivity (Wildman–Crippen MR) is 57.3 cm³/mol. The molecule has 1 atom stereocenters. The van der Waals surface area contributed by atoms with Gasteiger partial charge in [0.15, 0.2) is 0 Å². The molecule has 0 radical (unpaired) electrons. The third-order valence-electron chi connectivity index (χ3n) is 2.99. The van der Waals surface area contributed by atoms with Crippen molar-refractivity contribution >= 4 is 0 Å². The van der Waals surface area contributed by atoms with E-state index in [4.69, 9.17) is 0 Å². The van der Waals surface area contributed by atoms with Crippen LogP contribution in [0.25, 0.3) is 0 Å². The first-order chi connectivity index (χ1) is 7.55. The number of hydrogen-bond donors (Lipinski definition) is 1. The van der Waals surface area contributed by atoms with E-state index in [2.05, 4.69) is 10.4 Å². The number of nitrogens with zero attached hydrogens (tertiary/aromatic N) is 2. The van der Waals surface area contributed by atoms with Crippen molar-refractivity contribution in [3.63, 3.8) is 0 Å². The molecular weight excluding hydrogens is 212 g/mol. The van der Waals surface area contributed by atoms with E-state index in [1.165, 1.54) is 0 Å². The number of aromatic nitrogens is 2. The van der Waals surface area contributed by atoms with Gasteiger partial charge in [-0.05, 0) is 12.8 Å². The maximum atomic E-state index is 13.1. The second-order valence-corrected chi connectivity index (χ2v) is 4.55. The lowest BCUT2D eigenvalue weighted by Crippen LogP contribution is -2.38. The number of hydrogen-bond acceptors (Lipinski definition) is 2. The Morgan fingerprint density at radius 1 is 1.62 bits per heavy atom. The van der Waals surface area contributed by atoms with Crippen molar-refractivity contribution in [3.05, 3.63) is 18.0 Å². The van der Waals surface area contributed by atoms with E-state index >= 15 is 0 Å². The van der Waals surface area contributed by atoms with E-state index in [9.17, 15) is 8.78 Å². The van der Waals surface area contributed by atoms with Gasteiger partial charge in [0.1, 0.15) is 0 Å². The summed E-state index contributed by atoms with van der Waals surface area (Å²) in [6, 6.07) is -0.0658. The fourth-order valence-electron chi connectivity index (χ4n) is 2.17. The molecule has 1 fully saturated rings. The first kappa shape index (κ1) is 11.5. The number of halogens is 2. The van der Waals surface area contributed by atoms with Gasteiger partial charge in [-0.25, -0.2) is 8.78 Å². The summed E-state index contributed by atoms with van der Waals surface area (Å²) < 4.78 is 28.0. The van der Waals surface area contributed by atoms with Gasteiger partial charge in [0.25, 0.3) is 0 Å². The molecule has 3 nitrogen and oxygen atoms in total. The summed E-state index contributed by atoms with van der Waals surface area (Å²) in [5.74, 6) is -2.48. The lowest BCUT2D eigenvalue weighted by Gasteiger charge is -2.29. The quantitative estimate of drug-likeness (QED) is 0.860. The topological polar surface area (TPSA) is 29.9 Å². The summed E-state index contributed by atoms with van der Waals surface area (Å²) >= 11 is 0. The summed E-state index contributed by atoms with van der Waals surface area (Å²) in [4.78, 5) is 0. The first-order valence-corrected chi connectivity index (χ1v) is 5.64. The van der Waals surface area contributed by atoms with E-state index in [0.29, 0.717) is 13.0 Å². The van der Waals surface area contributed by atoms with Gasteiger partial charge in [0.05, 0.1) is 6.20 Å². The third kappa shape index (κ3) is 3.01. The van der Waals surface area contributed by atoms with Crippen molar-refractivity contribution in [2.24, 2.45) is 7.05 Å². The lowest BCUT2D eigenvalue weighted by molar-refractivity contribution is -0.0442. The van der Waals surface area contributed by atoms with Gasteiger partial charge in [0, 0.05) is 44.2 Å². The summed E-state index contributed by atoms with van der Waals surface area (Å²) in [6.07, 6.45) is 5.11. The average Bonchev–Trinajstić information content (AvgIpc) is 2.60. The van der Waals surface area contributed by atoms with Gasteiger partial charge < -0.3 is 5.32 Å². The highest BCUT2D eigenvalue weighted by molar-refractivity contribution is 5.03. The third-order valence-corrected chi connectivity index (χ3v) is 2.99. The van der Waals surface area contributed by atoms with Crippen LogP contribution in [0.1, 0.15) is 31.2 Å². The molecule has 1 saturated carbocycles. The van der Waals surface area contributed by atoms with Gasteiger partial charge in [-0.1, -0.05) is 0 Å². The largest absolute Gasteiger partial charge is 0.310 e. The van der Waals surface area contributed by atoms with Gasteiger partial charge in [0.2, 0.25) is 5.92 Å². The molecule has 1 aliphatic carbocycles. The zero-order valence-electron chi connectivity index (χ0n) is 9.42. The zero-order chi connectivity index (χ0) is 11.6. The van der Waals surface area contributed by atoms with Crippen LogP contribution in [-0.4, -0.2) is 21.7 Å². The molecule has 90 valence electrons. The Bertz CT molecular complexity index is 349. The van der Waals surface area contributed by atoms with E-state index in [-0.39, 0.29) is 18.9 Å². The van der Waals surface area contributed by atoms with Gasteiger partial charge in [-0.3, -0.25) is 4.68 Å². The summed E-state index contributed by atoms with van der Waals surface area (Å²) in [5.41, 5.74) is 1.04. The number of rotatable bonds is 3. The average molecular weight is 229 g/mol. The molecule has 0 aliphatic heterocycles. The number of aryl methyl sites for hydroxylation is 1. The molecule has 0 spiro atoms. The molecule has 0 bridgehead atoms. The Kier molecular flexibility index (Phi) is 3.23. The van der Waals surface area contributed by atoms with Crippen LogP contribution in [0.5, 0.6) is 0 Å². The van der Waals surface area contributed by atoms with Crippen LogP contribution < -0.4 is 5.32 Å². The predicted octanol–water partition coefficient (Wildman–Crippen LogP) is 2.09. The Morgan fingerprint density at radius 2 is 2.44 bits per heavy atom. The summed E-state index contributed by atoms with van der Waals surface area (Å²) in [5, 5.41) is 7.21. The Hall–Kier alpha value is -0.970. The minimum absolute atomic E-state index is 0.0345. The van der Waals surface area contributed by atoms with Crippen LogP contribution >= 0.6 is 0 Å². The molecule has 16 heavy (non-hydrogen) atoms. The van der Waals surface area contributed by atoms with Crippen molar-refractivity contribution in [1.82, 2.24) is 15.1 Å². The van der Waals surface area contributed by atoms with Crippen molar-refractivity contribution in [1.29, 1.82) is 0 Å². The lowest BCUT2D eigenvalue weighted by atomic mass is 9.92. The van der Waals surface area contributed by atoms with Crippen molar-refractivity contribution < 1.29 is 8.78 Å². The SMILES string of the molecule is Cn1cc(CNC2CCCC(F)(F)C2)cn1. The highest BCUT2D eigenvalue weighted by Crippen LogP contribution is 2.33. The molecule has 0 amide bonds. The molecular formula is C11H17F2N3. The van der Waals surface area contributed by atoms with E-state index in [1.54, 1.807) is 10.9 Å². The molecule has 1 N–H and O–H groups in total.